The molecule has 2 aromatic carbocycles. The minimum absolute atomic E-state index is 0.0870. The van der Waals surface area contributed by atoms with E-state index in [1.54, 1.807) is 40.5 Å². The maximum absolute atomic E-state index is 13.1. The normalized spacial score (nSPS) is 15.4. The Hall–Kier alpha value is -2.38. The van der Waals surface area contributed by atoms with Crippen molar-refractivity contribution >= 4 is 16.1 Å². The van der Waals surface area contributed by atoms with Gasteiger partial charge in [0.25, 0.3) is 0 Å². The molecule has 1 aliphatic rings. The molecule has 0 bridgehead atoms. The number of hydrogen-bond acceptors (Lipinski definition) is 3. The molecule has 0 radical (unpaired) electrons. The van der Waals surface area contributed by atoms with Gasteiger partial charge in [0.05, 0.1) is 4.90 Å². The number of carbonyl (C=O) groups is 1. The summed E-state index contributed by atoms with van der Waals surface area (Å²) in [5.74, 6) is 0. The van der Waals surface area contributed by atoms with Crippen molar-refractivity contribution in [3.63, 3.8) is 0 Å². The fourth-order valence-corrected chi connectivity index (χ4v) is 5.65. The van der Waals surface area contributed by atoms with Crippen LogP contribution in [-0.4, -0.2) is 43.8 Å². The first kappa shape index (κ1) is 24.3. The summed E-state index contributed by atoms with van der Waals surface area (Å²) < 4.78 is 27.8. The zero-order chi connectivity index (χ0) is 23.4. The van der Waals surface area contributed by atoms with Crippen molar-refractivity contribution in [3.05, 3.63) is 65.2 Å². The largest absolute Gasteiger partial charge is 0.334 e. The highest BCUT2D eigenvalue weighted by Crippen LogP contribution is 2.24. The lowest BCUT2D eigenvalue weighted by Gasteiger charge is -2.27. The fourth-order valence-electron chi connectivity index (χ4n) is 3.91. The first-order chi connectivity index (χ1) is 15.1. The molecule has 1 heterocycles. The third-order valence-corrected chi connectivity index (χ3v) is 7.92. The highest BCUT2D eigenvalue weighted by atomic mass is 32.2. The number of piperidine rings is 1. The van der Waals surface area contributed by atoms with Crippen molar-refractivity contribution in [2.75, 3.05) is 20.1 Å². The van der Waals surface area contributed by atoms with Crippen LogP contribution in [0.4, 0.5) is 4.79 Å². The quantitative estimate of drug-likeness (QED) is 0.694. The second-order valence-corrected chi connectivity index (χ2v) is 11.4. The van der Waals surface area contributed by atoms with Crippen LogP contribution in [0.3, 0.4) is 0 Å². The van der Waals surface area contributed by atoms with Crippen LogP contribution in [-0.2, 0) is 28.5 Å². The predicted octanol–water partition coefficient (Wildman–Crippen LogP) is 4.50. The number of carbonyl (C=O) groups excluding carboxylic acids is 1. The van der Waals surface area contributed by atoms with E-state index in [0.29, 0.717) is 25.2 Å². The number of nitrogens with zero attached hydrogens (tertiary/aromatic N) is 2. The van der Waals surface area contributed by atoms with Crippen molar-refractivity contribution in [2.45, 2.75) is 63.4 Å². The minimum Gasteiger partial charge on any atom is -0.334 e. The Morgan fingerprint density at radius 1 is 1.00 bits per heavy atom. The van der Waals surface area contributed by atoms with E-state index in [1.165, 1.54) is 5.56 Å². The van der Waals surface area contributed by atoms with Crippen LogP contribution in [0.2, 0.25) is 0 Å². The Bertz CT molecular complexity index is 1020. The second-order valence-electron chi connectivity index (χ2n) is 9.53. The predicted molar refractivity (Wildman–Crippen MR) is 128 cm³/mol. The standard InChI is InChI=1S/C25H35N3O3S/c1-25(2,3)22-14-12-20(13-15-22)19-27(4)24(29)26-18-21-10-6-7-11-23(21)32(30,31)28-16-8-5-9-17-28/h6-7,10-15H,5,8-9,16-19H2,1-4H3,(H,26,29). The van der Waals surface area contributed by atoms with E-state index < -0.39 is 10.0 Å². The van der Waals surface area contributed by atoms with E-state index >= 15 is 0 Å². The molecule has 0 aliphatic carbocycles. The van der Waals surface area contributed by atoms with Gasteiger partial charge in [0.2, 0.25) is 10.0 Å². The third-order valence-electron chi connectivity index (χ3n) is 5.92. The maximum atomic E-state index is 13.1. The molecule has 1 aliphatic heterocycles. The molecule has 1 N–H and O–H groups in total. The molecule has 6 nitrogen and oxygen atoms in total. The number of rotatable bonds is 6. The smallest absolute Gasteiger partial charge is 0.317 e. The van der Waals surface area contributed by atoms with E-state index in [2.05, 4.69) is 38.2 Å². The summed E-state index contributed by atoms with van der Waals surface area (Å²) in [6.45, 7) is 8.26. The minimum atomic E-state index is -3.56. The van der Waals surface area contributed by atoms with Crippen molar-refractivity contribution in [1.82, 2.24) is 14.5 Å². The van der Waals surface area contributed by atoms with Crippen LogP contribution in [0.5, 0.6) is 0 Å². The molecule has 0 atom stereocenters. The van der Waals surface area contributed by atoms with E-state index in [-0.39, 0.29) is 22.9 Å². The van der Waals surface area contributed by atoms with Gasteiger partial charge in [-0.25, -0.2) is 13.2 Å². The van der Waals surface area contributed by atoms with Crippen LogP contribution in [0, 0.1) is 0 Å². The van der Waals surface area contributed by atoms with Crippen molar-refractivity contribution in [2.24, 2.45) is 0 Å². The summed E-state index contributed by atoms with van der Waals surface area (Å²) in [6, 6.07) is 15.0. The summed E-state index contributed by atoms with van der Waals surface area (Å²) in [5.41, 5.74) is 2.99. The van der Waals surface area contributed by atoms with Gasteiger partial charge in [-0.05, 0) is 41.0 Å². The topological polar surface area (TPSA) is 69.7 Å². The molecule has 0 saturated carbocycles. The molecule has 3 rings (SSSR count). The highest BCUT2D eigenvalue weighted by molar-refractivity contribution is 7.89. The molecule has 32 heavy (non-hydrogen) atoms. The monoisotopic (exact) mass is 457 g/mol. The molecule has 2 aromatic rings. The molecule has 0 spiro atoms. The van der Waals surface area contributed by atoms with Gasteiger partial charge in [-0.1, -0.05) is 69.7 Å². The number of urea groups is 1. The van der Waals surface area contributed by atoms with Crippen LogP contribution in [0.25, 0.3) is 0 Å². The van der Waals surface area contributed by atoms with Gasteiger partial charge in [-0.15, -0.1) is 0 Å². The maximum Gasteiger partial charge on any atom is 0.317 e. The van der Waals surface area contributed by atoms with Gasteiger partial charge in [-0.3, -0.25) is 0 Å². The highest BCUT2D eigenvalue weighted by Gasteiger charge is 2.28. The van der Waals surface area contributed by atoms with Crippen molar-refractivity contribution in [1.29, 1.82) is 0 Å². The Morgan fingerprint density at radius 2 is 1.62 bits per heavy atom. The summed E-state index contributed by atoms with van der Waals surface area (Å²) >= 11 is 0. The third kappa shape index (κ3) is 5.90. The van der Waals surface area contributed by atoms with Crippen molar-refractivity contribution < 1.29 is 13.2 Å². The van der Waals surface area contributed by atoms with Gasteiger partial charge < -0.3 is 10.2 Å². The van der Waals surface area contributed by atoms with E-state index in [1.807, 2.05) is 12.1 Å². The molecule has 1 fully saturated rings. The number of nitrogens with one attached hydrogen (secondary N) is 1. The molecule has 0 unspecified atom stereocenters. The van der Waals surface area contributed by atoms with E-state index in [9.17, 15) is 13.2 Å². The van der Waals surface area contributed by atoms with Crippen LogP contribution in [0.15, 0.2) is 53.4 Å². The fraction of sp³-hybridized carbons (Fsp3) is 0.480. The lowest BCUT2D eigenvalue weighted by molar-refractivity contribution is 0.206. The van der Waals surface area contributed by atoms with Crippen LogP contribution < -0.4 is 5.32 Å². The Morgan fingerprint density at radius 3 is 2.25 bits per heavy atom. The zero-order valence-electron chi connectivity index (χ0n) is 19.6. The SMILES string of the molecule is CN(Cc1ccc(C(C)(C)C)cc1)C(=O)NCc1ccccc1S(=O)(=O)N1CCCCC1. The summed E-state index contributed by atoms with van der Waals surface area (Å²) in [4.78, 5) is 14.5. The first-order valence-electron chi connectivity index (χ1n) is 11.3. The van der Waals surface area contributed by atoms with E-state index in [0.717, 1.165) is 24.8 Å². The molecule has 2 amide bonds. The second kappa shape index (κ2) is 10.0. The number of benzene rings is 2. The lowest BCUT2D eigenvalue weighted by atomic mass is 9.87. The molecule has 0 aromatic heterocycles. The summed E-state index contributed by atoms with van der Waals surface area (Å²) in [5, 5.41) is 2.87. The first-order valence-corrected chi connectivity index (χ1v) is 12.7. The van der Waals surface area contributed by atoms with Gasteiger partial charge in [0, 0.05) is 33.2 Å². The molecule has 1 saturated heterocycles. The molecular weight excluding hydrogens is 422 g/mol. The number of hydrogen-bond donors (Lipinski definition) is 1. The Labute approximate surface area is 192 Å². The number of sulfonamides is 1. The Balaban J connectivity index is 1.63. The van der Waals surface area contributed by atoms with Crippen LogP contribution in [0.1, 0.15) is 56.7 Å². The van der Waals surface area contributed by atoms with Gasteiger partial charge in [0.1, 0.15) is 0 Å². The lowest BCUT2D eigenvalue weighted by Crippen LogP contribution is -2.38. The molecule has 7 heteroatoms. The molecule has 174 valence electrons. The van der Waals surface area contributed by atoms with Gasteiger partial charge in [-0.2, -0.15) is 4.31 Å². The molecular formula is C25H35N3O3S. The number of amides is 2. The van der Waals surface area contributed by atoms with E-state index in [4.69, 9.17) is 0 Å². The van der Waals surface area contributed by atoms with Crippen molar-refractivity contribution in [3.8, 4) is 0 Å². The van der Waals surface area contributed by atoms with Crippen LogP contribution >= 0.6 is 0 Å². The summed E-state index contributed by atoms with van der Waals surface area (Å²) in [6.07, 6.45) is 2.84. The van der Waals surface area contributed by atoms with Gasteiger partial charge in [0.15, 0.2) is 0 Å². The van der Waals surface area contributed by atoms with Gasteiger partial charge >= 0.3 is 6.03 Å². The average Bonchev–Trinajstić information content (AvgIpc) is 2.78. The Kier molecular flexibility index (Phi) is 7.62. The zero-order valence-corrected chi connectivity index (χ0v) is 20.4. The summed E-state index contributed by atoms with van der Waals surface area (Å²) in [7, 11) is -1.82. The average molecular weight is 458 g/mol.